The third kappa shape index (κ3) is 12.6. The molecule has 0 aromatic carbocycles. The maximum Gasteiger partial charge on any atom is 0.329 e. The van der Waals surface area contributed by atoms with Gasteiger partial charge < -0.3 is 30.9 Å². The summed E-state index contributed by atoms with van der Waals surface area (Å²) in [7, 11) is 0. The molecule has 0 aromatic rings. The van der Waals surface area contributed by atoms with Crippen LogP contribution in [0.15, 0.2) is 0 Å². The van der Waals surface area contributed by atoms with E-state index in [0.717, 1.165) is 0 Å². The van der Waals surface area contributed by atoms with E-state index in [9.17, 15) is 19.2 Å². The number of esters is 2. The van der Waals surface area contributed by atoms with Crippen LogP contribution in [0.5, 0.6) is 0 Å². The van der Waals surface area contributed by atoms with E-state index >= 15 is 0 Å². The van der Waals surface area contributed by atoms with Crippen molar-refractivity contribution in [1.29, 1.82) is 0 Å². The van der Waals surface area contributed by atoms with Crippen LogP contribution in [0.1, 0.15) is 54.4 Å². The molecule has 10 nitrogen and oxygen atoms in total. The molecule has 0 aliphatic carbocycles. The van der Waals surface area contributed by atoms with E-state index in [0.29, 0.717) is 0 Å². The highest BCUT2D eigenvalue weighted by Gasteiger charge is 2.28. The standard InChI is InChI=1S/C17H31N3O7/c1-16(2,3)26-12(21)8-7-11(14(24)27-17(4,5)6)20-15(25)19-9-10(18)13(22)23/h10-11H,7-9,18H2,1-6H3,(H,22,23)(H2,19,20,25)/t10-,11+/m1/s1. The van der Waals surface area contributed by atoms with Gasteiger partial charge in [0.2, 0.25) is 0 Å². The molecule has 0 aliphatic heterocycles. The zero-order chi connectivity index (χ0) is 21.4. The van der Waals surface area contributed by atoms with Crippen LogP contribution in [-0.2, 0) is 23.9 Å². The largest absolute Gasteiger partial charge is 0.480 e. The molecule has 2 amide bonds. The molecule has 0 unspecified atom stereocenters. The summed E-state index contributed by atoms with van der Waals surface area (Å²) in [6.45, 7) is 9.83. The van der Waals surface area contributed by atoms with Crippen LogP contribution in [0.4, 0.5) is 4.79 Å². The van der Waals surface area contributed by atoms with Gasteiger partial charge in [0.05, 0.1) is 0 Å². The number of nitrogens with two attached hydrogens (primary N) is 1. The SMILES string of the molecule is CC(C)(C)OC(=O)CC[C@H](NC(=O)NC[C@@H](N)C(=O)O)C(=O)OC(C)(C)C. The monoisotopic (exact) mass is 389 g/mol. The van der Waals surface area contributed by atoms with Gasteiger partial charge in [-0.05, 0) is 48.0 Å². The van der Waals surface area contributed by atoms with Crippen molar-refractivity contribution < 1.29 is 33.8 Å². The van der Waals surface area contributed by atoms with E-state index in [1.165, 1.54) is 0 Å². The second kappa shape index (κ2) is 10.1. The van der Waals surface area contributed by atoms with E-state index in [1.807, 2.05) is 0 Å². The molecule has 0 aromatic heterocycles. The lowest BCUT2D eigenvalue weighted by Gasteiger charge is -2.25. The number of rotatable bonds is 8. The average molecular weight is 389 g/mol. The van der Waals surface area contributed by atoms with Gasteiger partial charge in [-0.25, -0.2) is 9.59 Å². The smallest absolute Gasteiger partial charge is 0.329 e. The van der Waals surface area contributed by atoms with Crippen LogP contribution in [0.25, 0.3) is 0 Å². The van der Waals surface area contributed by atoms with Gasteiger partial charge in [-0.2, -0.15) is 0 Å². The van der Waals surface area contributed by atoms with Crippen LogP contribution in [0, 0.1) is 0 Å². The lowest BCUT2D eigenvalue weighted by molar-refractivity contribution is -0.158. The van der Waals surface area contributed by atoms with Crippen molar-refractivity contribution in [2.75, 3.05) is 6.54 Å². The molecule has 10 heteroatoms. The molecule has 0 fully saturated rings. The van der Waals surface area contributed by atoms with Crippen molar-refractivity contribution in [3.05, 3.63) is 0 Å². The first-order chi connectivity index (χ1) is 12.1. The number of carboxylic acids is 1. The maximum atomic E-state index is 12.3. The van der Waals surface area contributed by atoms with Gasteiger partial charge in [0.25, 0.3) is 0 Å². The van der Waals surface area contributed by atoms with Crippen molar-refractivity contribution >= 4 is 23.9 Å². The Morgan fingerprint density at radius 2 is 1.52 bits per heavy atom. The highest BCUT2D eigenvalue weighted by Crippen LogP contribution is 2.13. The second-order valence-electron chi connectivity index (χ2n) is 8.01. The predicted molar refractivity (Wildman–Crippen MR) is 96.9 cm³/mol. The molecule has 0 heterocycles. The topological polar surface area (TPSA) is 157 Å². The van der Waals surface area contributed by atoms with Crippen LogP contribution < -0.4 is 16.4 Å². The minimum absolute atomic E-state index is 0.0395. The minimum atomic E-state index is -1.28. The molecule has 0 aliphatic rings. The quantitative estimate of drug-likeness (QED) is 0.438. The zero-order valence-corrected chi connectivity index (χ0v) is 16.8. The summed E-state index contributed by atoms with van der Waals surface area (Å²) in [5.41, 5.74) is 3.84. The molecule has 0 saturated heterocycles. The van der Waals surface area contributed by atoms with E-state index in [-0.39, 0.29) is 19.4 Å². The van der Waals surface area contributed by atoms with Gasteiger partial charge in [-0.15, -0.1) is 0 Å². The van der Waals surface area contributed by atoms with Crippen molar-refractivity contribution in [1.82, 2.24) is 10.6 Å². The number of carbonyl (C=O) groups is 4. The fraction of sp³-hybridized carbons (Fsp3) is 0.765. The van der Waals surface area contributed by atoms with E-state index in [4.69, 9.17) is 20.3 Å². The third-order valence-corrected chi connectivity index (χ3v) is 2.85. The summed E-state index contributed by atoms with van der Waals surface area (Å²) in [6.07, 6.45) is -0.154. The zero-order valence-electron chi connectivity index (χ0n) is 16.8. The van der Waals surface area contributed by atoms with E-state index < -0.39 is 47.2 Å². The molecule has 0 saturated carbocycles. The number of urea groups is 1. The number of nitrogens with one attached hydrogen (secondary N) is 2. The fourth-order valence-corrected chi connectivity index (χ4v) is 1.78. The van der Waals surface area contributed by atoms with E-state index in [2.05, 4.69) is 10.6 Å². The van der Waals surface area contributed by atoms with Crippen molar-refractivity contribution in [2.24, 2.45) is 5.73 Å². The number of carbonyl (C=O) groups excluding carboxylic acids is 3. The molecule has 0 rings (SSSR count). The normalized spacial score (nSPS) is 13.9. The number of hydrogen-bond donors (Lipinski definition) is 4. The first kappa shape index (κ1) is 24.6. The summed E-state index contributed by atoms with van der Waals surface area (Å²) in [6, 6.07) is -3.19. The number of amides is 2. The summed E-state index contributed by atoms with van der Waals surface area (Å²) in [5, 5.41) is 13.3. The van der Waals surface area contributed by atoms with Gasteiger partial charge in [-0.3, -0.25) is 9.59 Å². The predicted octanol–water partition coefficient (Wildman–Crippen LogP) is 0.530. The Labute approximate surface area is 159 Å². The highest BCUT2D eigenvalue weighted by atomic mass is 16.6. The van der Waals surface area contributed by atoms with E-state index in [1.54, 1.807) is 41.5 Å². The number of hydrogen-bond acceptors (Lipinski definition) is 7. The Morgan fingerprint density at radius 1 is 1.00 bits per heavy atom. The Kier molecular flexibility index (Phi) is 9.22. The Hall–Kier alpha value is -2.36. The van der Waals surface area contributed by atoms with Gasteiger partial charge in [-0.1, -0.05) is 0 Å². The number of aliphatic carboxylic acids is 1. The molecule has 0 radical (unpaired) electrons. The van der Waals surface area contributed by atoms with Crippen molar-refractivity contribution in [2.45, 2.75) is 77.7 Å². The van der Waals surface area contributed by atoms with Gasteiger partial charge in [0.1, 0.15) is 23.3 Å². The van der Waals surface area contributed by atoms with Gasteiger partial charge >= 0.3 is 23.9 Å². The van der Waals surface area contributed by atoms with Gasteiger partial charge in [0.15, 0.2) is 0 Å². The maximum absolute atomic E-state index is 12.3. The second-order valence-corrected chi connectivity index (χ2v) is 8.01. The molecule has 2 atom stereocenters. The van der Waals surface area contributed by atoms with Crippen LogP contribution in [0.2, 0.25) is 0 Å². The van der Waals surface area contributed by atoms with Crippen LogP contribution in [0.3, 0.4) is 0 Å². The molecule has 0 spiro atoms. The molecular formula is C17H31N3O7. The lowest BCUT2D eigenvalue weighted by atomic mass is 10.1. The van der Waals surface area contributed by atoms with Crippen LogP contribution in [-0.4, -0.2) is 58.9 Å². The summed E-state index contributed by atoms with van der Waals surface area (Å²) in [5.74, 6) is -2.51. The summed E-state index contributed by atoms with van der Waals surface area (Å²) >= 11 is 0. The van der Waals surface area contributed by atoms with Crippen molar-refractivity contribution in [3.8, 4) is 0 Å². The summed E-state index contributed by atoms with van der Waals surface area (Å²) < 4.78 is 10.4. The lowest BCUT2D eigenvalue weighted by Crippen LogP contribution is -2.51. The van der Waals surface area contributed by atoms with Crippen LogP contribution >= 0.6 is 0 Å². The van der Waals surface area contributed by atoms with Crippen molar-refractivity contribution in [3.63, 3.8) is 0 Å². The van der Waals surface area contributed by atoms with Gasteiger partial charge in [0, 0.05) is 13.0 Å². The average Bonchev–Trinajstić information content (AvgIpc) is 2.45. The number of ether oxygens (including phenoxy) is 2. The molecule has 27 heavy (non-hydrogen) atoms. The highest BCUT2D eigenvalue weighted by molar-refractivity contribution is 5.84. The first-order valence-corrected chi connectivity index (χ1v) is 8.58. The summed E-state index contributed by atoms with van der Waals surface area (Å²) in [4.78, 5) is 46.8. The minimum Gasteiger partial charge on any atom is -0.480 e. The Balaban J connectivity index is 4.88. The Bertz CT molecular complexity index is 550. The first-order valence-electron chi connectivity index (χ1n) is 8.58. The Morgan fingerprint density at radius 3 is 1.96 bits per heavy atom. The fourth-order valence-electron chi connectivity index (χ4n) is 1.78. The number of carboxylic acid groups (broad SMARTS) is 1. The molecule has 0 bridgehead atoms. The molecule has 156 valence electrons. The third-order valence-electron chi connectivity index (χ3n) is 2.85. The molecule has 5 N–H and O–H groups in total. The molecular weight excluding hydrogens is 358 g/mol.